The van der Waals surface area contributed by atoms with Crippen molar-refractivity contribution in [1.82, 2.24) is 10.2 Å². The summed E-state index contributed by atoms with van der Waals surface area (Å²) in [7, 11) is 0. The smallest absolute Gasteiger partial charge is 0.257 e. The number of nitriles is 1. The Balaban J connectivity index is 1.50. The van der Waals surface area contributed by atoms with Crippen LogP contribution in [-0.2, 0) is 17.5 Å². The molecule has 3 N–H and O–H groups in total. The van der Waals surface area contributed by atoms with Crippen molar-refractivity contribution in [2.24, 2.45) is 0 Å². The number of rotatable bonds is 7. The summed E-state index contributed by atoms with van der Waals surface area (Å²) in [5, 5.41) is 23.4. The summed E-state index contributed by atoms with van der Waals surface area (Å²) in [6.45, 7) is 0.597. The van der Waals surface area contributed by atoms with Gasteiger partial charge in [0.15, 0.2) is 11.1 Å². The van der Waals surface area contributed by atoms with Gasteiger partial charge in [0.2, 0.25) is 10.3 Å². The van der Waals surface area contributed by atoms with Gasteiger partial charge in [0.05, 0.1) is 16.5 Å². The number of hydrogen-bond acceptors (Lipinski definition) is 7. The first-order chi connectivity index (χ1) is 13.5. The molecule has 0 fully saturated rings. The van der Waals surface area contributed by atoms with E-state index >= 15 is 0 Å². The fraction of sp³-hybridized carbons (Fsp3) is 0.111. The SMILES string of the molecule is N#Cc1ccc(C(=O)Nc2nnc(NCCc3ccc(S(=O)O)cc3)s2)cc1. The first kappa shape index (κ1) is 19.6. The topological polar surface area (TPSA) is 128 Å². The lowest BCUT2D eigenvalue weighted by atomic mass is 10.1. The van der Waals surface area contributed by atoms with Gasteiger partial charge in [-0.2, -0.15) is 5.26 Å². The van der Waals surface area contributed by atoms with Gasteiger partial charge in [0, 0.05) is 12.1 Å². The number of nitrogens with one attached hydrogen (secondary N) is 2. The van der Waals surface area contributed by atoms with Crippen molar-refractivity contribution in [3.63, 3.8) is 0 Å². The maximum absolute atomic E-state index is 12.2. The van der Waals surface area contributed by atoms with Crippen LogP contribution in [0.25, 0.3) is 0 Å². The third-order valence-electron chi connectivity index (χ3n) is 3.74. The molecule has 28 heavy (non-hydrogen) atoms. The second kappa shape index (κ2) is 9.18. The highest BCUT2D eigenvalue weighted by Gasteiger charge is 2.10. The summed E-state index contributed by atoms with van der Waals surface area (Å²) in [5.74, 6) is -0.325. The molecule has 0 bridgehead atoms. The second-order valence-corrected chi connectivity index (χ2v) is 7.57. The normalized spacial score (nSPS) is 11.4. The number of carbonyl (C=O) groups excluding carboxylic acids is 1. The van der Waals surface area contributed by atoms with E-state index in [1.54, 1.807) is 48.5 Å². The first-order valence-corrected chi connectivity index (χ1v) is 10.1. The van der Waals surface area contributed by atoms with E-state index in [1.165, 1.54) is 11.3 Å². The number of aromatic nitrogens is 2. The maximum Gasteiger partial charge on any atom is 0.257 e. The van der Waals surface area contributed by atoms with E-state index in [9.17, 15) is 9.00 Å². The maximum atomic E-state index is 12.2. The minimum atomic E-state index is -1.97. The van der Waals surface area contributed by atoms with Gasteiger partial charge in [-0.25, -0.2) is 4.21 Å². The molecule has 1 amide bonds. The van der Waals surface area contributed by atoms with Gasteiger partial charge in [-0.05, 0) is 48.4 Å². The van der Waals surface area contributed by atoms with E-state index in [-0.39, 0.29) is 5.91 Å². The predicted molar refractivity (Wildman–Crippen MR) is 107 cm³/mol. The quantitative estimate of drug-likeness (QED) is 0.508. The van der Waals surface area contributed by atoms with E-state index in [1.807, 2.05) is 6.07 Å². The largest absolute Gasteiger partial charge is 0.360 e. The Morgan fingerprint density at radius 1 is 1.11 bits per heavy atom. The summed E-state index contributed by atoms with van der Waals surface area (Å²) in [6, 6.07) is 15.1. The molecule has 0 aliphatic heterocycles. The van der Waals surface area contributed by atoms with Gasteiger partial charge in [-0.1, -0.05) is 23.5 Å². The monoisotopic (exact) mass is 413 g/mol. The Morgan fingerprint density at radius 3 is 2.43 bits per heavy atom. The number of hydrogen-bond donors (Lipinski definition) is 3. The average Bonchev–Trinajstić information content (AvgIpc) is 3.15. The fourth-order valence-corrected chi connectivity index (χ4v) is 3.33. The van der Waals surface area contributed by atoms with Crippen LogP contribution >= 0.6 is 11.3 Å². The molecule has 0 aliphatic carbocycles. The lowest BCUT2D eigenvalue weighted by Crippen LogP contribution is -2.11. The molecule has 0 saturated carbocycles. The van der Waals surface area contributed by atoms with Crippen molar-refractivity contribution < 1.29 is 13.6 Å². The van der Waals surface area contributed by atoms with Crippen molar-refractivity contribution in [3.8, 4) is 6.07 Å². The lowest BCUT2D eigenvalue weighted by Gasteiger charge is -2.03. The summed E-state index contributed by atoms with van der Waals surface area (Å²) >= 11 is -0.758. The van der Waals surface area contributed by atoms with Gasteiger partial charge >= 0.3 is 0 Å². The minimum absolute atomic E-state index is 0.325. The summed E-state index contributed by atoms with van der Waals surface area (Å²) < 4.78 is 20.0. The highest BCUT2D eigenvalue weighted by Crippen LogP contribution is 2.20. The molecule has 10 heteroatoms. The van der Waals surface area contributed by atoms with Gasteiger partial charge in [0.25, 0.3) is 5.91 Å². The van der Waals surface area contributed by atoms with E-state index in [0.717, 1.165) is 5.56 Å². The molecule has 0 aliphatic rings. The van der Waals surface area contributed by atoms with Crippen LogP contribution in [0.5, 0.6) is 0 Å². The van der Waals surface area contributed by atoms with Crippen LogP contribution in [0.4, 0.5) is 10.3 Å². The third kappa shape index (κ3) is 5.20. The molecule has 3 rings (SSSR count). The molecule has 1 aromatic heterocycles. The van der Waals surface area contributed by atoms with Gasteiger partial charge in [-0.3, -0.25) is 10.1 Å². The Kier molecular flexibility index (Phi) is 6.44. The number of amides is 1. The van der Waals surface area contributed by atoms with Crippen molar-refractivity contribution in [3.05, 3.63) is 65.2 Å². The van der Waals surface area contributed by atoms with Crippen LogP contribution in [0.15, 0.2) is 53.4 Å². The highest BCUT2D eigenvalue weighted by molar-refractivity contribution is 7.79. The number of nitrogens with zero attached hydrogens (tertiary/aromatic N) is 3. The molecule has 1 atom stereocenters. The third-order valence-corrected chi connectivity index (χ3v) is 5.21. The molecular weight excluding hydrogens is 398 g/mol. The van der Waals surface area contributed by atoms with Crippen molar-refractivity contribution >= 4 is 38.6 Å². The van der Waals surface area contributed by atoms with Gasteiger partial charge in [0.1, 0.15) is 0 Å². The molecule has 0 radical (unpaired) electrons. The fourth-order valence-electron chi connectivity index (χ4n) is 2.30. The molecule has 142 valence electrons. The van der Waals surface area contributed by atoms with Crippen LogP contribution in [0.3, 0.4) is 0 Å². The molecule has 1 heterocycles. The molecular formula is C18H15N5O3S2. The summed E-state index contributed by atoms with van der Waals surface area (Å²) in [4.78, 5) is 12.5. The Hall–Kier alpha value is -3.13. The Labute approximate surface area is 167 Å². The molecule has 0 spiro atoms. The number of benzene rings is 2. The number of carbonyl (C=O) groups is 1. The lowest BCUT2D eigenvalue weighted by molar-refractivity contribution is 0.102. The van der Waals surface area contributed by atoms with E-state index in [4.69, 9.17) is 9.81 Å². The molecule has 3 aromatic rings. The first-order valence-electron chi connectivity index (χ1n) is 8.14. The van der Waals surface area contributed by atoms with E-state index < -0.39 is 11.1 Å². The Morgan fingerprint density at radius 2 is 1.79 bits per heavy atom. The second-order valence-electron chi connectivity index (χ2n) is 5.63. The van der Waals surface area contributed by atoms with Gasteiger partial charge in [-0.15, -0.1) is 10.2 Å². The summed E-state index contributed by atoms with van der Waals surface area (Å²) in [5.41, 5.74) is 1.93. The highest BCUT2D eigenvalue weighted by atomic mass is 32.2. The van der Waals surface area contributed by atoms with Crippen LogP contribution in [0, 0.1) is 11.3 Å². The zero-order valence-electron chi connectivity index (χ0n) is 14.5. The van der Waals surface area contributed by atoms with E-state index in [0.29, 0.717) is 39.3 Å². The van der Waals surface area contributed by atoms with Gasteiger partial charge < -0.3 is 9.87 Å². The van der Waals surface area contributed by atoms with Crippen LogP contribution in [0.1, 0.15) is 21.5 Å². The van der Waals surface area contributed by atoms with Crippen LogP contribution in [-0.4, -0.2) is 31.4 Å². The van der Waals surface area contributed by atoms with Crippen molar-refractivity contribution in [2.75, 3.05) is 17.2 Å². The minimum Gasteiger partial charge on any atom is -0.360 e. The zero-order chi connectivity index (χ0) is 19.9. The molecule has 8 nitrogen and oxygen atoms in total. The van der Waals surface area contributed by atoms with Crippen LogP contribution < -0.4 is 10.6 Å². The average molecular weight is 413 g/mol. The Bertz CT molecular complexity index is 1030. The predicted octanol–water partition coefficient (Wildman–Crippen LogP) is 2.90. The molecule has 2 aromatic carbocycles. The summed E-state index contributed by atoms with van der Waals surface area (Å²) in [6.07, 6.45) is 0.699. The number of anilines is 2. The zero-order valence-corrected chi connectivity index (χ0v) is 16.1. The van der Waals surface area contributed by atoms with E-state index in [2.05, 4.69) is 20.8 Å². The molecule has 0 saturated heterocycles. The van der Waals surface area contributed by atoms with Crippen molar-refractivity contribution in [1.29, 1.82) is 5.26 Å². The van der Waals surface area contributed by atoms with Crippen molar-refractivity contribution in [2.45, 2.75) is 11.3 Å². The molecule has 1 unspecified atom stereocenters. The van der Waals surface area contributed by atoms with Crippen LogP contribution in [0.2, 0.25) is 0 Å². The standard InChI is InChI=1S/C18H15N5O3S2/c19-11-13-1-5-14(6-2-13)16(24)21-18-23-22-17(27-18)20-10-9-12-3-7-15(8-4-12)28(25)26/h1-8H,9-10H2,(H,20,22)(H,25,26)(H,21,23,24).